The number of benzene rings is 1. The SMILES string of the molecule is c1ccc2sc(CCNC3CC3)cc2c1. The molecule has 15 heavy (non-hydrogen) atoms. The summed E-state index contributed by atoms with van der Waals surface area (Å²) in [5, 5.41) is 4.95. The predicted octanol–water partition coefficient (Wildman–Crippen LogP) is 3.20. The number of thiophene rings is 1. The lowest BCUT2D eigenvalue weighted by atomic mass is 10.2. The van der Waals surface area contributed by atoms with E-state index in [4.69, 9.17) is 0 Å². The molecule has 1 saturated carbocycles. The summed E-state index contributed by atoms with van der Waals surface area (Å²) in [6.07, 6.45) is 3.94. The van der Waals surface area contributed by atoms with Crippen molar-refractivity contribution < 1.29 is 0 Å². The molecule has 2 heteroatoms. The maximum absolute atomic E-state index is 3.56. The van der Waals surface area contributed by atoms with E-state index in [1.165, 1.54) is 34.2 Å². The normalized spacial score (nSPS) is 16.0. The lowest BCUT2D eigenvalue weighted by Crippen LogP contribution is -2.18. The van der Waals surface area contributed by atoms with Gasteiger partial charge in [-0.1, -0.05) is 18.2 Å². The van der Waals surface area contributed by atoms with Crippen molar-refractivity contribution in [2.45, 2.75) is 25.3 Å². The summed E-state index contributed by atoms with van der Waals surface area (Å²) in [5.74, 6) is 0. The second-order valence-electron chi connectivity index (χ2n) is 4.23. The van der Waals surface area contributed by atoms with Crippen LogP contribution in [0.25, 0.3) is 10.1 Å². The highest BCUT2D eigenvalue weighted by Gasteiger charge is 2.19. The standard InChI is InChI=1S/C13H15NS/c1-2-4-13-10(3-1)9-12(15-13)7-8-14-11-5-6-11/h1-4,9,11,14H,5-8H2. The molecule has 0 amide bonds. The number of nitrogens with one attached hydrogen (secondary N) is 1. The Morgan fingerprint density at radius 2 is 2.13 bits per heavy atom. The van der Waals surface area contributed by atoms with Gasteiger partial charge in [0.25, 0.3) is 0 Å². The van der Waals surface area contributed by atoms with E-state index in [-0.39, 0.29) is 0 Å². The van der Waals surface area contributed by atoms with Crippen LogP contribution in [0.5, 0.6) is 0 Å². The summed E-state index contributed by atoms with van der Waals surface area (Å²) in [6, 6.07) is 11.8. The molecule has 1 heterocycles. The Kier molecular flexibility index (Phi) is 2.47. The maximum Gasteiger partial charge on any atom is 0.0345 e. The first-order valence-corrected chi connectivity index (χ1v) is 6.44. The van der Waals surface area contributed by atoms with Crippen molar-refractivity contribution in [3.05, 3.63) is 35.2 Å². The van der Waals surface area contributed by atoms with Gasteiger partial charge in [0, 0.05) is 22.2 Å². The van der Waals surface area contributed by atoms with Gasteiger partial charge >= 0.3 is 0 Å². The van der Waals surface area contributed by atoms with Crippen molar-refractivity contribution >= 4 is 21.4 Å². The summed E-state index contributed by atoms with van der Waals surface area (Å²) in [5.41, 5.74) is 0. The highest BCUT2D eigenvalue weighted by atomic mass is 32.1. The fourth-order valence-corrected chi connectivity index (χ4v) is 2.91. The fraction of sp³-hybridized carbons (Fsp3) is 0.385. The quantitative estimate of drug-likeness (QED) is 0.829. The summed E-state index contributed by atoms with van der Waals surface area (Å²) in [6.45, 7) is 1.14. The van der Waals surface area contributed by atoms with E-state index in [2.05, 4.69) is 35.6 Å². The van der Waals surface area contributed by atoms with E-state index in [1.807, 2.05) is 11.3 Å². The molecule has 0 spiro atoms. The van der Waals surface area contributed by atoms with Crippen molar-refractivity contribution in [3.8, 4) is 0 Å². The average Bonchev–Trinajstić information content (AvgIpc) is 2.97. The van der Waals surface area contributed by atoms with Crippen molar-refractivity contribution in [3.63, 3.8) is 0 Å². The first-order valence-electron chi connectivity index (χ1n) is 5.63. The predicted molar refractivity (Wildman–Crippen MR) is 66.6 cm³/mol. The second kappa shape index (κ2) is 3.95. The van der Waals surface area contributed by atoms with Gasteiger partial charge in [0.2, 0.25) is 0 Å². The van der Waals surface area contributed by atoms with Crippen LogP contribution in [-0.4, -0.2) is 12.6 Å². The third-order valence-electron chi connectivity index (χ3n) is 2.86. The van der Waals surface area contributed by atoms with Crippen molar-refractivity contribution in [1.29, 1.82) is 0 Å². The molecule has 78 valence electrons. The van der Waals surface area contributed by atoms with Gasteiger partial charge in [0.1, 0.15) is 0 Å². The van der Waals surface area contributed by atoms with E-state index in [1.54, 1.807) is 0 Å². The van der Waals surface area contributed by atoms with Crippen LogP contribution in [0.4, 0.5) is 0 Å². The van der Waals surface area contributed by atoms with Gasteiger partial charge in [-0.05, 0) is 36.8 Å². The van der Waals surface area contributed by atoms with Crippen LogP contribution in [0, 0.1) is 0 Å². The van der Waals surface area contributed by atoms with E-state index >= 15 is 0 Å². The fourth-order valence-electron chi connectivity index (χ4n) is 1.85. The third kappa shape index (κ3) is 2.21. The molecule has 1 fully saturated rings. The van der Waals surface area contributed by atoms with Crippen molar-refractivity contribution in [2.24, 2.45) is 0 Å². The lowest BCUT2D eigenvalue weighted by Gasteiger charge is -1.98. The monoisotopic (exact) mass is 217 g/mol. The highest BCUT2D eigenvalue weighted by molar-refractivity contribution is 7.19. The van der Waals surface area contributed by atoms with E-state index in [0.29, 0.717) is 0 Å². The number of hydrogen-bond acceptors (Lipinski definition) is 2. The van der Waals surface area contributed by atoms with Gasteiger partial charge in [-0.3, -0.25) is 0 Å². The molecular formula is C13H15NS. The van der Waals surface area contributed by atoms with Crippen molar-refractivity contribution in [1.82, 2.24) is 5.32 Å². The van der Waals surface area contributed by atoms with Crippen LogP contribution in [0.2, 0.25) is 0 Å². The zero-order valence-corrected chi connectivity index (χ0v) is 9.52. The zero-order valence-electron chi connectivity index (χ0n) is 8.70. The van der Waals surface area contributed by atoms with Crippen LogP contribution < -0.4 is 5.32 Å². The molecule has 1 aliphatic rings. The summed E-state index contributed by atoms with van der Waals surface area (Å²) < 4.78 is 1.42. The van der Waals surface area contributed by atoms with Gasteiger partial charge in [0.15, 0.2) is 0 Å². The van der Waals surface area contributed by atoms with Gasteiger partial charge in [-0.2, -0.15) is 0 Å². The molecule has 0 atom stereocenters. The van der Waals surface area contributed by atoms with Crippen LogP contribution >= 0.6 is 11.3 Å². The molecule has 0 saturated heterocycles. The van der Waals surface area contributed by atoms with Crippen LogP contribution in [-0.2, 0) is 6.42 Å². The summed E-state index contributed by atoms with van der Waals surface area (Å²) in [4.78, 5) is 1.50. The maximum atomic E-state index is 3.56. The first kappa shape index (κ1) is 9.37. The zero-order chi connectivity index (χ0) is 10.1. The van der Waals surface area contributed by atoms with E-state index in [0.717, 1.165) is 12.6 Å². The van der Waals surface area contributed by atoms with Gasteiger partial charge < -0.3 is 5.32 Å². The molecule has 3 rings (SSSR count). The Balaban J connectivity index is 1.68. The average molecular weight is 217 g/mol. The minimum Gasteiger partial charge on any atom is -0.314 e. The minimum atomic E-state index is 0.833. The van der Waals surface area contributed by atoms with Gasteiger partial charge in [-0.25, -0.2) is 0 Å². The number of rotatable bonds is 4. The molecule has 1 aromatic carbocycles. The minimum absolute atomic E-state index is 0.833. The molecule has 0 unspecified atom stereocenters. The molecule has 1 N–H and O–H groups in total. The van der Waals surface area contributed by atoms with Crippen LogP contribution in [0.3, 0.4) is 0 Å². The Labute approximate surface area is 94.1 Å². The Morgan fingerprint density at radius 1 is 1.27 bits per heavy atom. The van der Waals surface area contributed by atoms with E-state index < -0.39 is 0 Å². The smallest absolute Gasteiger partial charge is 0.0345 e. The Hall–Kier alpha value is -0.860. The molecule has 0 radical (unpaired) electrons. The molecule has 0 bridgehead atoms. The molecular weight excluding hydrogens is 202 g/mol. The van der Waals surface area contributed by atoms with Crippen molar-refractivity contribution in [2.75, 3.05) is 6.54 Å². The molecule has 1 aromatic heterocycles. The topological polar surface area (TPSA) is 12.0 Å². The van der Waals surface area contributed by atoms with Gasteiger partial charge in [-0.15, -0.1) is 11.3 Å². The molecule has 2 aromatic rings. The van der Waals surface area contributed by atoms with Crippen LogP contribution in [0.15, 0.2) is 30.3 Å². The van der Waals surface area contributed by atoms with Gasteiger partial charge in [0.05, 0.1) is 0 Å². The molecule has 1 aliphatic carbocycles. The number of fused-ring (bicyclic) bond motifs is 1. The lowest BCUT2D eigenvalue weighted by molar-refractivity contribution is 0.686. The Bertz CT molecular complexity index is 423. The Morgan fingerprint density at radius 3 is 2.93 bits per heavy atom. The highest BCUT2D eigenvalue weighted by Crippen LogP contribution is 2.25. The largest absolute Gasteiger partial charge is 0.314 e. The number of hydrogen-bond donors (Lipinski definition) is 1. The van der Waals surface area contributed by atoms with Crippen LogP contribution in [0.1, 0.15) is 17.7 Å². The molecule has 0 aliphatic heterocycles. The van der Waals surface area contributed by atoms with E-state index in [9.17, 15) is 0 Å². The molecule has 1 nitrogen and oxygen atoms in total. The summed E-state index contributed by atoms with van der Waals surface area (Å²) >= 11 is 1.93. The third-order valence-corrected chi connectivity index (χ3v) is 4.03. The first-order chi connectivity index (χ1) is 7.42. The second-order valence-corrected chi connectivity index (χ2v) is 5.40. The summed E-state index contributed by atoms with van der Waals surface area (Å²) in [7, 11) is 0.